The van der Waals surface area contributed by atoms with Crippen molar-refractivity contribution in [3.05, 3.63) is 44.4 Å². The highest BCUT2D eigenvalue weighted by Gasteiger charge is 2.49. The fourth-order valence-electron chi connectivity index (χ4n) is 6.37. The molecule has 0 unspecified atom stereocenters. The number of rotatable bonds is 14. The van der Waals surface area contributed by atoms with E-state index in [9.17, 15) is 21.9 Å². The molecule has 0 bridgehead atoms. The highest BCUT2D eigenvalue weighted by atomic mass is 127. The van der Waals surface area contributed by atoms with Crippen molar-refractivity contribution in [2.75, 3.05) is 38.9 Å². The molecule has 2 N–H and O–H groups in total. The monoisotopic (exact) mass is 1400 g/mol. The van der Waals surface area contributed by atoms with Gasteiger partial charge >= 0.3 is 6.01 Å². The number of H-pyrrole nitrogens is 1. The van der Waals surface area contributed by atoms with Gasteiger partial charge in [0.1, 0.15) is 53.9 Å². The summed E-state index contributed by atoms with van der Waals surface area (Å²) >= 11 is 24.2. The second-order valence-electron chi connectivity index (χ2n) is 18.1. The Labute approximate surface area is 445 Å². The third-order valence-electron chi connectivity index (χ3n) is 9.91. The molecule has 0 spiro atoms. The number of aliphatic hydroxyl groups is 1. The van der Waals surface area contributed by atoms with Gasteiger partial charge in [-0.3, -0.25) is 9.13 Å². The van der Waals surface area contributed by atoms with E-state index in [2.05, 4.69) is 96.8 Å². The first-order chi connectivity index (χ1) is 31.1. The van der Waals surface area contributed by atoms with E-state index in [1.54, 1.807) is 18.2 Å². The van der Waals surface area contributed by atoms with E-state index in [1.807, 2.05) is 49.7 Å². The van der Waals surface area contributed by atoms with E-state index in [0.717, 1.165) is 24.6 Å². The molecule has 0 radical (unpaired) electrons. The summed E-state index contributed by atoms with van der Waals surface area (Å²) in [6.45, 7) is 16.0. The van der Waals surface area contributed by atoms with Crippen molar-refractivity contribution in [2.45, 2.75) is 99.6 Å². The molecular formula is C38H49Cl3I3N9O10S2Si2. The molecule has 8 heterocycles. The highest BCUT2D eigenvalue weighted by molar-refractivity contribution is 14.1. The number of pyridine rings is 3. The van der Waals surface area contributed by atoms with Crippen molar-refractivity contribution in [3.63, 3.8) is 0 Å². The van der Waals surface area contributed by atoms with Gasteiger partial charge in [-0.05, 0) is 98.1 Å². The molecule has 67 heavy (non-hydrogen) atoms. The Balaban J connectivity index is 0.000000174. The zero-order valence-corrected chi connectivity index (χ0v) is 49.9. The number of hydrogen-bond donors (Lipinski definition) is 2. The fourth-order valence-corrected chi connectivity index (χ4v) is 10.8. The molecule has 6 aromatic heterocycles. The second-order valence-corrected chi connectivity index (χ2v) is 37.5. The zero-order chi connectivity index (χ0) is 49.4. The number of fused-ring (bicyclic) bond motifs is 4. The Bertz CT molecular complexity index is 2960. The van der Waals surface area contributed by atoms with Crippen molar-refractivity contribution in [1.82, 2.24) is 44.0 Å². The lowest BCUT2D eigenvalue weighted by atomic mass is 10.1. The maximum Gasteiger partial charge on any atom is 0.301 e. The first-order valence-electron chi connectivity index (χ1n) is 20.4. The number of sulfone groups is 2. The molecule has 2 fully saturated rings. The van der Waals surface area contributed by atoms with Gasteiger partial charge in [0, 0.05) is 41.9 Å². The molecule has 2 saturated heterocycles. The predicted octanol–water partition coefficient (Wildman–Crippen LogP) is 7.93. The van der Waals surface area contributed by atoms with Gasteiger partial charge in [0.2, 0.25) is 30.0 Å². The Kier molecular flexibility index (Phi) is 18.4. The van der Waals surface area contributed by atoms with Crippen molar-refractivity contribution >= 4 is 172 Å². The van der Waals surface area contributed by atoms with Crippen LogP contribution in [0.5, 0.6) is 6.01 Å². The van der Waals surface area contributed by atoms with Crippen LogP contribution in [0, 0.1) is 11.1 Å². The summed E-state index contributed by atoms with van der Waals surface area (Å²) in [5.74, 6) is 0. The lowest BCUT2D eigenvalue weighted by Gasteiger charge is -2.19. The number of aromatic nitrogens is 9. The van der Waals surface area contributed by atoms with Gasteiger partial charge in [-0.2, -0.15) is 9.97 Å². The average molecular weight is 1400 g/mol. The Hall–Kier alpha value is -1.15. The van der Waals surface area contributed by atoms with Gasteiger partial charge < -0.3 is 33.8 Å². The molecule has 6 aromatic rings. The van der Waals surface area contributed by atoms with Crippen LogP contribution >= 0.6 is 103 Å². The number of nitrogens with zero attached hydrogens (tertiary/aromatic N) is 8. The van der Waals surface area contributed by atoms with Crippen molar-refractivity contribution < 1.29 is 45.6 Å². The molecule has 0 saturated carbocycles. The molecule has 0 amide bonds. The van der Waals surface area contributed by atoms with E-state index in [-0.39, 0.29) is 48.7 Å². The van der Waals surface area contributed by atoms with Crippen LogP contribution in [0.15, 0.2) is 28.5 Å². The van der Waals surface area contributed by atoms with Gasteiger partial charge in [-0.15, -0.1) is 0 Å². The molecule has 2 aliphatic rings. The number of aromatic amines is 1. The first-order valence-corrected chi connectivity index (χ1v) is 36.0. The third kappa shape index (κ3) is 14.5. The number of nitrogens with one attached hydrogen (secondary N) is 1. The van der Waals surface area contributed by atoms with Crippen molar-refractivity contribution in [3.8, 4) is 6.01 Å². The molecule has 29 heteroatoms. The lowest BCUT2D eigenvalue weighted by Crippen LogP contribution is -2.35. The fraction of sp³-hybridized carbons (Fsp3) is 0.526. The Morgan fingerprint density at radius 3 is 1.78 bits per heavy atom. The SMILES string of the molecule is CS(=O)(=O)c1nc2nc(I)c(Cl)cc2[nH]1.C[Si](C)(C)CCOCn1c(O[C@@H]2CO[C@H]3[C@@H]2OC[C@H]3O)nc2cc(Cl)c(I)nc21.C[Si](C)(C)CCOCn1c(S(C)(=O)=O)nc2cc(Cl)c(I)nc21. The molecule has 0 aliphatic carbocycles. The molecule has 0 aromatic carbocycles. The summed E-state index contributed by atoms with van der Waals surface area (Å²) in [7, 11) is -9.22. The van der Waals surface area contributed by atoms with Crippen molar-refractivity contribution in [2.24, 2.45) is 0 Å². The lowest BCUT2D eigenvalue weighted by molar-refractivity contribution is 0.00336. The number of imidazole rings is 3. The first kappa shape index (κ1) is 55.2. The van der Waals surface area contributed by atoms with Crippen LogP contribution in [0.1, 0.15) is 0 Å². The van der Waals surface area contributed by atoms with Crippen LogP contribution in [0.25, 0.3) is 33.5 Å². The topological polar surface area (TPSA) is 238 Å². The molecule has 8 rings (SSSR count). The van der Waals surface area contributed by atoms with Gasteiger partial charge in [0.05, 0.1) is 33.8 Å². The van der Waals surface area contributed by atoms with Gasteiger partial charge in [0.25, 0.3) is 0 Å². The third-order valence-corrected chi connectivity index (χ3v) is 19.5. The minimum absolute atomic E-state index is 0.0499. The number of ether oxygens (including phenoxy) is 5. The van der Waals surface area contributed by atoms with E-state index < -0.39 is 41.9 Å². The number of hydrogen-bond acceptors (Lipinski definition) is 16. The predicted molar refractivity (Wildman–Crippen MR) is 286 cm³/mol. The summed E-state index contributed by atoms with van der Waals surface area (Å²) in [5, 5.41) is 11.3. The quantitative estimate of drug-likeness (QED) is 0.0456. The van der Waals surface area contributed by atoms with E-state index >= 15 is 0 Å². The molecule has 2 aliphatic heterocycles. The van der Waals surface area contributed by atoms with Gasteiger partial charge in [-0.1, -0.05) is 74.1 Å². The molecule has 19 nitrogen and oxygen atoms in total. The molecule has 368 valence electrons. The largest absolute Gasteiger partial charge is 0.456 e. The van der Waals surface area contributed by atoms with Crippen LogP contribution in [0.2, 0.25) is 66.4 Å². The Morgan fingerprint density at radius 2 is 1.22 bits per heavy atom. The molecular weight excluding hydrogens is 1350 g/mol. The number of aliphatic hydroxyl groups excluding tert-OH is 1. The van der Waals surface area contributed by atoms with Gasteiger partial charge in [-0.25, -0.2) is 36.8 Å². The minimum atomic E-state index is -3.49. The van der Waals surface area contributed by atoms with Crippen LogP contribution in [-0.2, 0) is 52.1 Å². The Morgan fingerprint density at radius 1 is 0.716 bits per heavy atom. The number of halogens is 6. The smallest absolute Gasteiger partial charge is 0.301 e. The maximum absolute atomic E-state index is 12.0. The summed E-state index contributed by atoms with van der Waals surface area (Å²) in [5.41, 5.74) is 3.08. The second kappa shape index (κ2) is 22.3. The highest BCUT2D eigenvalue weighted by Crippen LogP contribution is 2.32. The van der Waals surface area contributed by atoms with Gasteiger partial charge in [0.15, 0.2) is 23.0 Å². The minimum Gasteiger partial charge on any atom is -0.456 e. The van der Waals surface area contributed by atoms with E-state index in [4.69, 9.17) is 58.5 Å². The normalized spacial score (nSPS) is 18.9. The van der Waals surface area contributed by atoms with Crippen LogP contribution in [0.3, 0.4) is 0 Å². The summed E-state index contributed by atoms with van der Waals surface area (Å²) < 4.78 is 80.7. The molecule has 4 atom stereocenters. The zero-order valence-electron chi connectivity index (χ0n) is 37.5. The summed E-state index contributed by atoms with van der Waals surface area (Å²) in [6.07, 6.45) is 0.544. The van der Waals surface area contributed by atoms with E-state index in [0.29, 0.717) is 85.5 Å². The van der Waals surface area contributed by atoms with E-state index in [1.165, 1.54) is 4.57 Å². The van der Waals surface area contributed by atoms with Crippen molar-refractivity contribution in [1.29, 1.82) is 0 Å². The van der Waals surface area contributed by atoms with Crippen LogP contribution < -0.4 is 4.74 Å². The average Bonchev–Trinajstić information content (AvgIpc) is 4.03. The maximum atomic E-state index is 12.0. The van der Waals surface area contributed by atoms with Crippen LogP contribution in [-0.4, -0.2) is 145 Å². The standard InChI is InChI=1S/C18H25ClIN3O5Si.C13H19ClIN3O3SSi.C7H5ClIN3O2S/c1-29(2,3)5-4-25-9-23-17-11(6-10(19)16(20)22-17)21-18(23)28-13-8-27-14-12(24)7-26-15(13)14;1-22(19,20)13-16-10-7-9(14)11(15)17-12(10)18(13)8-21-5-6-23(2,3)4;1-15(13,14)7-10-4-2-3(8)5(9)11-6(4)12-7/h6,12-15,24H,4-5,7-9H2,1-3H3;7H,5-6,8H2,1-4H3;2H,1H3,(H,10,11,12)/t12-,13-,14-,15-;;/m1../s1. The summed E-state index contributed by atoms with van der Waals surface area (Å²) in [4.78, 5) is 28.3. The van der Waals surface area contributed by atoms with Crippen LogP contribution in [0.4, 0.5) is 0 Å². The summed E-state index contributed by atoms with van der Waals surface area (Å²) in [6, 6.07) is 7.47.